The van der Waals surface area contributed by atoms with E-state index in [0.29, 0.717) is 6.04 Å². The van der Waals surface area contributed by atoms with Gasteiger partial charge in [-0.15, -0.1) is 35.3 Å². The molecule has 2 rings (SSSR count). The molecule has 0 saturated heterocycles. The quantitative estimate of drug-likeness (QED) is 0.430. The highest BCUT2D eigenvalue weighted by Gasteiger charge is 2.24. The smallest absolute Gasteiger partial charge is 0.191 e. The molecule has 1 aromatic heterocycles. The first-order chi connectivity index (χ1) is 9.97. The average Bonchev–Trinajstić information content (AvgIpc) is 2.71. The molecular weight excluding hydrogens is 407 g/mol. The van der Waals surface area contributed by atoms with Crippen LogP contribution in [0.3, 0.4) is 0 Å². The van der Waals surface area contributed by atoms with E-state index in [1.807, 2.05) is 7.05 Å². The number of rotatable bonds is 3. The van der Waals surface area contributed by atoms with Crippen molar-refractivity contribution >= 4 is 41.3 Å². The lowest BCUT2D eigenvalue weighted by atomic mass is 9.80. The lowest BCUT2D eigenvalue weighted by Gasteiger charge is -2.32. The van der Waals surface area contributed by atoms with E-state index < -0.39 is 0 Å². The number of nitrogens with one attached hydrogen (secondary N) is 2. The van der Waals surface area contributed by atoms with E-state index in [0.717, 1.165) is 35.0 Å². The Bertz CT molecular complexity index is 490. The third-order valence-corrected chi connectivity index (χ3v) is 5.23. The average molecular weight is 436 g/mol. The maximum atomic E-state index is 4.47. The third kappa shape index (κ3) is 5.68. The Kier molecular flexibility index (Phi) is 8.10. The Morgan fingerprint density at radius 1 is 1.23 bits per heavy atom. The zero-order valence-corrected chi connectivity index (χ0v) is 17.4. The van der Waals surface area contributed by atoms with Crippen molar-refractivity contribution in [1.82, 2.24) is 15.6 Å². The lowest BCUT2D eigenvalue weighted by Crippen LogP contribution is -2.45. The number of thiazole rings is 1. The molecule has 4 nitrogen and oxygen atoms in total. The molecule has 0 radical (unpaired) electrons. The first-order valence-electron chi connectivity index (χ1n) is 7.88. The number of hydrogen-bond acceptors (Lipinski definition) is 3. The number of aromatic nitrogens is 1. The van der Waals surface area contributed by atoms with Crippen molar-refractivity contribution in [2.75, 3.05) is 7.05 Å². The molecule has 0 aromatic carbocycles. The molecule has 22 heavy (non-hydrogen) atoms. The summed E-state index contributed by atoms with van der Waals surface area (Å²) in [5, 5.41) is 8.14. The van der Waals surface area contributed by atoms with Crippen LogP contribution in [0.4, 0.5) is 0 Å². The SMILES string of the molecule is CN=C(NCc1sc(C)nc1C)NC1CC(C)CC(C)C1.I. The molecule has 2 N–H and O–H groups in total. The van der Waals surface area contributed by atoms with E-state index in [1.165, 1.54) is 24.1 Å². The zero-order chi connectivity index (χ0) is 15.4. The van der Waals surface area contributed by atoms with E-state index in [2.05, 4.69) is 48.3 Å². The van der Waals surface area contributed by atoms with Gasteiger partial charge in [-0.2, -0.15) is 0 Å². The van der Waals surface area contributed by atoms with E-state index in [1.54, 1.807) is 11.3 Å². The fraction of sp³-hybridized carbons (Fsp3) is 0.750. The van der Waals surface area contributed by atoms with Gasteiger partial charge in [0.25, 0.3) is 0 Å². The van der Waals surface area contributed by atoms with Crippen molar-refractivity contribution < 1.29 is 0 Å². The van der Waals surface area contributed by atoms with Crippen LogP contribution in [0.5, 0.6) is 0 Å². The van der Waals surface area contributed by atoms with E-state index in [4.69, 9.17) is 0 Å². The molecule has 1 aromatic rings. The van der Waals surface area contributed by atoms with Crippen LogP contribution < -0.4 is 10.6 Å². The molecule has 2 atom stereocenters. The molecule has 0 bridgehead atoms. The minimum absolute atomic E-state index is 0. The van der Waals surface area contributed by atoms with Crippen molar-refractivity contribution in [3.63, 3.8) is 0 Å². The summed E-state index contributed by atoms with van der Waals surface area (Å²) in [6, 6.07) is 0.541. The number of halogens is 1. The number of hydrogen-bond donors (Lipinski definition) is 2. The van der Waals surface area contributed by atoms with Crippen LogP contribution in [-0.4, -0.2) is 24.0 Å². The van der Waals surface area contributed by atoms with Crippen molar-refractivity contribution in [1.29, 1.82) is 0 Å². The minimum Gasteiger partial charge on any atom is -0.354 e. The zero-order valence-electron chi connectivity index (χ0n) is 14.3. The summed E-state index contributed by atoms with van der Waals surface area (Å²) < 4.78 is 0. The van der Waals surface area contributed by atoms with Crippen molar-refractivity contribution in [2.45, 2.75) is 59.5 Å². The summed E-state index contributed by atoms with van der Waals surface area (Å²) in [5.41, 5.74) is 1.13. The molecule has 0 aliphatic heterocycles. The van der Waals surface area contributed by atoms with Gasteiger partial charge in [0.15, 0.2) is 5.96 Å². The fourth-order valence-electron chi connectivity index (χ4n) is 3.35. The summed E-state index contributed by atoms with van der Waals surface area (Å²) in [5.74, 6) is 2.51. The Balaban J connectivity index is 0.00000242. The highest BCUT2D eigenvalue weighted by molar-refractivity contribution is 14.0. The molecule has 1 aliphatic rings. The molecule has 6 heteroatoms. The van der Waals surface area contributed by atoms with Gasteiger partial charge in [0.05, 0.1) is 17.2 Å². The minimum atomic E-state index is 0. The van der Waals surface area contributed by atoms with Crippen LogP contribution in [-0.2, 0) is 6.54 Å². The fourth-order valence-corrected chi connectivity index (χ4v) is 4.23. The van der Waals surface area contributed by atoms with Crippen LogP contribution in [0, 0.1) is 25.7 Å². The second-order valence-corrected chi connectivity index (χ2v) is 7.71. The first kappa shape index (κ1) is 19.7. The summed E-state index contributed by atoms with van der Waals surface area (Å²) in [7, 11) is 1.84. The Hall–Kier alpha value is -0.370. The van der Waals surface area contributed by atoms with Crippen LogP contribution in [0.25, 0.3) is 0 Å². The number of aryl methyl sites for hydroxylation is 2. The number of nitrogens with zero attached hydrogens (tertiary/aromatic N) is 2. The second kappa shape index (κ2) is 9.05. The first-order valence-corrected chi connectivity index (χ1v) is 8.69. The topological polar surface area (TPSA) is 49.3 Å². The highest BCUT2D eigenvalue weighted by atomic mass is 127. The van der Waals surface area contributed by atoms with E-state index in [9.17, 15) is 0 Å². The normalized spacial score (nSPS) is 25.5. The second-order valence-electron chi connectivity index (χ2n) is 6.43. The van der Waals surface area contributed by atoms with Crippen LogP contribution in [0.15, 0.2) is 4.99 Å². The molecular formula is C16H29IN4S. The summed E-state index contributed by atoms with van der Waals surface area (Å²) >= 11 is 1.76. The Morgan fingerprint density at radius 3 is 2.36 bits per heavy atom. The maximum absolute atomic E-state index is 4.47. The van der Waals surface area contributed by atoms with Gasteiger partial charge >= 0.3 is 0 Å². The molecule has 2 unspecified atom stereocenters. The number of aliphatic imine (C=N–C) groups is 1. The monoisotopic (exact) mass is 436 g/mol. The predicted octanol–water partition coefficient (Wildman–Crippen LogP) is 3.87. The van der Waals surface area contributed by atoms with Gasteiger partial charge in [0.1, 0.15) is 0 Å². The third-order valence-electron chi connectivity index (χ3n) is 4.16. The molecule has 1 saturated carbocycles. The van der Waals surface area contributed by atoms with Gasteiger partial charge in [-0.05, 0) is 44.9 Å². The molecule has 1 aliphatic carbocycles. The standard InChI is InChI=1S/C16H28N4S.HI/c1-10-6-11(2)8-14(7-10)20-16(17-5)18-9-15-12(3)19-13(4)21-15;/h10-11,14H,6-9H2,1-5H3,(H2,17,18,20);1H. The predicted molar refractivity (Wildman–Crippen MR) is 106 cm³/mol. The summed E-state index contributed by atoms with van der Waals surface area (Å²) in [6.07, 6.45) is 3.83. The van der Waals surface area contributed by atoms with Crippen LogP contribution in [0.1, 0.15) is 48.7 Å². The Morgan fingerprint density at radius 2 is 1.86 bits per heavy atom. The van der Waals surface area contributed by atoms with Gasteiger partial charge in [-0.25, -0.2) is 4.98 Å². The molecule has 0 spiro atoms. The summed E-state index contributed by atoms with van der Waals surface area (Å²) in [4.78, 5) is 10.1. The lowest BCUT2D eigenvalue weighted by molar-refractivity contribution is 0.255. The summed E-state index contributed by atoms with van der Waals surface area (Å²) in [6.45, 7) is 9.63. The van der Waals surface area contributed by atoms with Gasteiger partial charge < -0.3 is 10.6 Å². The highest BCUT2D eigenvalue weighted by Crippen LogP contribution is 2.28. The van der Waals surface area contributed by atoms with E-state index >= 15 is 0 Å². The van der Waals surface area contributed by atoms with Crippen molar-refractivity contribution in [2.24, 2.45) is 16.8 Å². The van der Waals surface area contributed by atoms with Crippen molar-refractivity contribution in [3.8, 4) is 0 Å². The van der Waals surface area contributed by atoms with Crippen molar-refractivity contribution in [3.05, 3.63) is 15.6 Å². The van der Waals surface area contributed by atoms with Gasteiger partial charge in [0, 0.05) is 18.0 Å². The molecule has 126 valence electrons. The van der Waals surface area contributed by atoms with Gasteiger partial charge in [0.2, 0.25) is 0 Å². The largest absolute Gasteiger partial charge is 0.354 e. The number of guanidine groups is 1. The Labute approximate surface area is 155 Å². The molecule has 1 heterocycles. The molecule has 0 amide bonds. The van der Waals surface area contributed by atoms with Gasteiger partial charge in [-0.3, -0.25) is 4.99 Å². The molecule has 1 fully saturated rings. The maximum Gasteiger partial charge on any atom is 0.191 e. The van der Waals surface area contributed by atoms with Crippen LogP contribution >= 0.6 is 35.3 Å². The van der Waals surface area contributed by atoms with E-state index in [-0.39, 0.29) is 24.0 Å². The van der Waals surface area contributed by atoms with Gasteiger partial charge in [-0.1, -0.05) is 13.8 Å². The van der Waals surface area contributed by atoms with Crippen LogP contribution in [0.2, 0.25) is 0 Å².